The molecule has 0 spiro atoms. The fourth-order valence-corrected chi connectivity index (χ4v) is 1.16. The van der Waals surface area contributed by atoms with E-state index in [0.717, 1.165) is 12.8 Å². The van der Waals surface area contributed by atoms with Gasteiger partial charge in [0.25, 0.3) is 0 Å². The Labute approximate surface area is 92.2 Å². The van der Waals surface area contributed by atoms with Gasteiger partial charge >= 0.3 is 0 Å². The SMILES string of the molecule is CCCCOCC(O)C(CO)OC(C)C. The maximum Gasteiger partial charge on any atom is 0.109 e. The second kappa shape index (κ2) is 9.09. The molecule has 2 unspecified atom stereocenters. The largest absolute Gasteiger partial charge is 0.394 e. The molecule has 0 aliphatic rings. The van der Waals surface area contributed by atoms with Crippen LogP contribution >= 0.6 is 0 Å². The summed E-state index contributed by atoms with van der Waals surface area (Å²) in [6.07, 6.45) is 0.747. The summed E-state index contributed by atoms with van der Waals surface area (Å²) < 4.78 is 10.6. The third-order valence-corrected chi connectivity index (χ3v) is 1.99. The normalized spacial score (nSPS) is 15.6. The summed E-state index contributed by atoms with van der Waals surface area (Å²) in [5.41, 5.74) is 0. The van der Waals surface area contributed by atoms with Crippen LogP contribution in [0.1, 0.15) is 33.6 Å². The van der Waals surface area contributed by atoms with Gasteiger partial charge in [-0.3, -0.25) is 0 Å². The van der Waals surface area contributed by atoms with Crippen molar-refractivity contribution in [1.29, 1.82) is 0 Å². The smallest absolute Gasteiger partial charge is 0.109 e. The minimum atomic E-state index is -0.755. The molecule has 0 saturated carbocycles. The highest BCUT2D eigenvalue weighted by Gasteiger charge is 2.20. The predicted octanol–water partition coefficient (Wildman–Crippen LogP) is 0.950. The molecule has 15 heavy (non-hydrogen) atoms. The van der Waals surface area contributed by atoms with E-state index in [2.05, 4.69) is 6.92 Å². The summed E-state index contributed by atoms with van der Waals surface area (Å²) in [7, 11) is 0. The maximum absolute atomic E-state index is 9.65. The van der Waals surface area contributed by atoms with Crippen molar-refractivity contribution in [2.24, 2.45) is 0 Å². The lowest BCUT2D eigenvalue weighted by atomic mass is 10.2. The molecule has 0 aliphatic heterocycles. The van der Waals surface area contributed by atoms with Gasteiger partial charge in [-0.15, -0.1) is 0 Å². The molecule has 0 aromatic heterocycles. The van der Waals surface area contributed by atoms with E-state index < -0.39 is 12.2 Å². The molecule has 2 N–H and O–H groups in total. The van der Waals surface area contributed by atoms with Crippen molar-refractivity contribution in [1.82, 2.24) is 0 Å². The maximum atomic E-state index is 9.65. The van der Waals surface area contributed by atoms with Crippen molar-refractivity contribution in [3.63, 3.8) is 0 Å². The van der Waals surface area contributed by atoms with Crippen LogP contribution < -0.4 is 0 Å². The van der Waals surface area contributed by atoms with Crippen LogP contribution in [0.15, 0.2) is 0 Å². The molecular weight excluding hydrogens is 196 g/mol. The number of aliphatic hydroxyl groups excluding tert-OH is 2. The third kappa shape index (κ3) is 7.73. The Bertz CT molecular complexity index is 139. The zero-order valence-corrected chi connectivity index (χ0v) is 9.98. The van der Waals surface area contributed by atoms with Crippen LogP contribution in [0.4, 0.5) is 0 Å². The fraction of sp³-hybridized carbons (Fsp3) is 1.00. The topological polar surface area (TPSA) is 58.9 Å². The van der Waals surface area contributed by atoms with Crippen LogP contribution in [0.3, 0.4) is 0 Å². The number of ether oxygens (including phenoxy) is 2. The Morgan fingerprint density at radius 2 is 1.93 bits per heavy atom. The van der Waals surface area contributed by atoms with E-state index in [0.29, 0.717) is 6.61 Å². The molecule has 2 atom stereocenters. The van der Waals surface area contributed by atoms with Crippen LogP contribution in [-0.2, 0) is 9.47 Å². The zero-order chi connectivity index (χ0) is 11.7. The molecule has 0 radical (unpaired) electrons. The van der Waals surface area contributed by atoms with Gasteiger partial charge in [0.05, 0.1) is 19.3 Å². The predicted molar refractivity (Wildman–Crippen MR) is 58.8 cm³/mol. The molecule has 0 heterocycles. The van der Waals surface area contributed by atoms with E-state index in [1.165, 1.54) is 0 Å². The van der Waals surface area contributed by atoms with Gasteiger partial charge in [0, 0.05) is 6.61 Å². The molecule has 0 amide bonds. The van der Waals surface area contributed by atoms with E-state index in [1.807, 2.05) is 13.8 Å². The van der Waals surface area contributed by atoms with Crippen LogP contribution in [0, 0.1) is 0 Å². The molecule has 0 rings (SSSR count). The van der Waals surface area contributed by atoms with Gasteiger partial charge in [0.15, 0.2) is 0 Å². The van der Waals surface area contributed by atoms with E-state index in [9.17, 15) is 5.11 Å². The monoisotopic (exact) mass is 220 g/mol. The van der Waals surface area contributed by atoms with Crippen molar-refractivity contribution >= 4 is 0 Å². The number of rotatable bonds is 9. The van der Waals surface area contributed by atoms with Crippen LogP contribution in [0.2, 0.25) is 0 Å². The van der Waals surface area contributed by atoms with E-state index in [1.54, 1.807) is 0 Å². The molecule has 0 aliphatic carbocycles. The lowest BCUT2D eigenvalue weighted by Crippen LogP contribution is -2.37. The second-order valence-corrected chi connectivity index (χ2v) is 3.90. The first-order valence-corrected chi connectivity index (χ1v) is 5.63. The minimum Gasteiger partial charge on any atom is -0.394 e. The number of aliphatic hydroxyl groups is 2. The Morgan fingerprint density at radius 3 is 2.40 bits per heavy atom. The highest BCUT2D eigenvalue weighted by atomic mass is 16.5. The standard InChI is InChI=1S/C11H24O4/c1-4-5-6-14-8-10(13)11(7-12)15-9(2)3/h9-13H,4-8H2,1-3H3. The van der Waals surface area contributed by atoms with Gasteiger partial charge in [-0.1, -0.05) is 13.3 Å². The minimum absolute atomic E-state index is 0.00700. The van der Waals surface area contributed by atoms with Gasteiger partial charge in [-0.25, -0.2) is 0 Å². The first kappa shape index (κ1) is 14.8. The first-order chi connectivity index (χ1) is 7.11. The van der Waals surface area contributed by atoms with Crippen molar-refractivity contribution in [2.45, 2.75) is 51.9 Å². The zero-order valence-electron chi connectivity index (χ0n) is 9.98. The average Bonchev–Trinajstić information content (AvgIpc) is 2.20. The second-order valence-electron chi connectivity index (χ2n) is 3.90. The fourth-order valence-electron chi connectivity index (χ4n) is 1.16. The molecular formula is C11H24O4. The first-order valence-electron chi connectivity index (χ1n) is 5.63. The van der Waals surface area contributed by atoms with Gasteiger partial charge in [0.1, 0.15) is 12.2 Å². The summed E-state index contributed by atoms with van der Waals surface area (Å²) in [5.74, 6) is 0. The average molecular weight is 220 g/mol. The Kier molecular flexibility index (Phi) is 9.00. The molecule has 4 heteroatoms. The highest BCUT2D eigenvalue weighted by molar-refractivity contribution is 4.68. The van der Waals surface area contributed by atoms with Gasteiger partial charge in [-0.05, 0) is 20.3 Å². The van der Waals surface area contributed by atoms with Crippen LogP contribution in [0.5, 0.6) is 0 Å². The number of hydrogen-bond donors (Lipinski definition) is 2. The van der Waals surface area contributed by atoms with Crippen LogP contribution in [-0.4, -0.2) is 48.3 Å². The summed E-state index contributed by atoms with van der Waals surface area (Å²) >= 11 is 0. The van der Waals surface area contributed by atoms with E-state index in [-0.39, 0.29) is 19.3 Å². The Hall–Kier alpha value is -0.160. The summed E-state index contributed by atoms with van der Waals surface area (Å²) in [6.45, 7) is 6.50. The summed E-state index contributed by atoms with van der Waals surface area (Å²) in [5, 5.41) is 18.7. The van der Waals surface area contributed by atoms with Gasteiger partial charge in [0.2, 0.25) is 0 Å². The number of unbranched alkanes of at least 4 members (excludes halogenated alkanes) is 1. The highest BCUT2D eigenvalue weighted by Crippen LogP contribution is 2.04. The lowest BCUT2D eigenvalue weighted by Gasteiger charge is -2.23. The molecule has 92 valence electrons. The van der Waals surface area contributed by atoms with Crippen molar-refractivity contribution in [2.75, 3.05) is 19.8 Å². The molecule has 0 bridgehead atoms. The van der Waals surface area contributed by atoms with E-state index >= 15 is 0 Å². The van der Waals surface area contributed by atoms with Crippen molar-refractivity contribution < 1.29 is 19.7 Å². The Morgan fingerprint density at radius 1 is 1.27 bits per heavy atom. The van der Waals surface area contributed by atoms with Crippen LogP contribution in [0.25, 0.3) is 0 Å². The lowest BCUT2D eigenvalue weighted by molar-refractivity contribution is -0.109. The van der Waals surface area contributed by atoms with Gasteiger partial charge < -0.3 is 19.7 Å². The molecule has 0 aromatic carbocycles. The van der Waals surface area contributed by atoms with E-state index in [4.69, 9.17) is 14.6 Å². The number of hydrogen-bond acceptors (Lipinski definition) is 4. The summed E-state index contributed by atoms with van der Waals surface area (Å²) in [6, 6.07) is 0. The Balaban J connectivity index is 3.68. The molecule has 0 fully saturated rings. The molecule has 4 nitrogen and oxygen atoms in total. The van der Waals surface area contributed by atoms with Crippen molar-refractivity contribution in [3.05, 3.63) is 0 Å². The third-order valence-electron chi connectivity index (χ3n) is 1.99. The molecule has 0 saturated heterocycles. The quantitative estimate of drug-likeness (QED) is 0.568. The van der Waals surface area contributed by atoms with Crippen molar-refractivity contribution in [3.8, 4) is 0 Å². The molecule has 0 aromatic rings. The van der Waals surface area contributed by atoms with Gasteiger partial charge in [-0.2, -0.15) is 0 Å². The summed E-state index contributed by atoms with van der Waals surface area (Å²) in [4.78, 5) is 0.